The lowest BCUT2D eigenvalue weighted by Gasteiger charge is -2.30. The predicted octanol–water partition coefficient (Wildman–Crippen LogP) is 2.53. The summed E-state index contributed by atoms with van der Waals surface area (Å²) in [6.45, 7) is 1.82. The maximum absolute atomic E-state index is 13.6. The van der Waals surface area contributed by atoms with Crippen molar-refractivity contribution in [3.05, 3.63) is 41.3 Å². The van der Waals surface area contributed by atoms with Crippen LogP contribution in [-0.2, 0) is 24.1 Å². The van der Waals surface area contributed by atoms with Crippen molar-refractivity contribution in [3.8, 4) is 10.4 Å². The number of urea groups is 1. The highest BCUT2D eigenvalue weighted by atomic mass is 32.2. The van der Waals surface area contributed by atoms with Gasteiger partial charge in [0.2, 0.25) is 5.91 Å². The van der Waals surface area contributed by atoms with E-state index >= 15 is 0 Å². The average Bonchev–Trinajstić information content (AvgIpc) is 3.29. The molecule has 190 valence electrons. The monoisotopic (exact) mass is 524 g/mol. The molecule has 1 unspecified atom stereocenters. The van der Waals surface area contributed by atoms with Crippen LogP contribution >= 0.6 is 11.3 Å². The summed E-state index contributed by atoms with van der Waals surface area (Å²) in [4.78, 5) is 38.6. The molecule has 3 rings (SSSR count). The van der Waals surface area contributed by atoms with Gasteiger partial charge in [-0.15, -0.1) is 11.3 Å². The Kier molecular flexibility index (Phi) is 8.35. The standard InChI is InChI=1S/C22H28N4O7S2/c1-3-33-21(29)26-10-9-22(14-19(27)25-30,35(31,32)12-11-26)18-8-7-17(34-18)15-5-4-6-16(13-15)24-20(28)23-2/h4-8,13,30H,3,9-12,14H2,1-2H3,(H,25,27)(H2,23,24,28). The molecule has 0 spiro atoms. The van der Waals surface area contributed by atoms with Crippen LogP contribution in [0.3, 0.4) is 0 Å². The SMILES string of the molecule is CCOC(=O)N1CCC(CC(=O)NO)(c2ccc(-c3cccc(NC(=O)NC)c3)s2)S(=O)(=O)CC1. The molecule has 2 heterocycles. The number of sulfone groups is 1. The molecule has 1 atom stereocenters. The molecule has 0 aliphatic carbocycles. The first-order chi connectivity index (χ1) is 16.7. The van der Waals surface area contributed by atoms with E-state index in [9.17, 15) is 22.8 Å². The van der Waals surface area contributed by atoms with Gasteiger partial charge in [0.25, 0.3) is 0 Å². The number of ether oxygens (including phenoxy) is 1. The molecule has 11 nitrogen and oxygen atoms in total. The van der Waals surface area contributed by atoms with Crippen LogP contribution in [0.15, 0.2) is 36.4 Å². The lowest BCUT2D eigenvalue weighted by molar-refractivity contribution is -0.129. The molecular formula is C22H28N4O7S2. The first-order valence-electron chi connectivity index (χ1n) is 10.9. The van der Waals surface area contributed by atoms with E-state index in [-0.39, 0.29) is 37.9 Å². The Balaban J connectivity index is 2.01. The molecule has 13 heteroatoms. The molecular weight excluding hydrogens is 496 g/mol. The highest BCUT2D eigenvalue weighted by molar-refractivity contribution is 7.92. The Labute approximate surface area is 207 Å². The number of carbonyl (C=O) groups excluding carboxylic acids is 3. The third-order valence-electron chi connectivity index (χ3n) is 5.79. The van der Waals surface area contributed by atoms with Crippen molar-refractivity contribution in [1.82, 2.24) is 15.7 Å². The molecule has 1 aliphatic rings. The minimum atomic E-state index is -3.93. The maximum Gasteiger partial charge on any atom is 0.409 e. The van der Waals surface area contributed by atoms with Crippen molar-refractivity contribution < 1.29 is 32.7 Å². The number of hydroxylamine groups is 1. The summed E-state index contributed by atoms with van der Waals surface area (Å²) in [5.41, 5.74) is 2.84. The maximum atomic E-state index is 13.6. The number of nitrogens with zero attached hydrogens (tertiary/aromatic N) is 1. The van der Waals surface area contributed by atoms with Crippen molar-refractivity contribution in [2.24, 2.45) is 0 Å². The molecule has 0 radical (unpaired) electrons. The first-order valence-corrected chi connectivity index (χ1v) is 13.4. The fourth-order valence-corrected chi connectivity index (χ4v) is 7.55. The molecule has 0 bridgehead atoms. The van der Waals surface area contributed by atoms with Crippen molar-refractivity contribution in [2.45, 2.75) is 24.5 Å². The molecule has 1 aromatic heterocycles. The van der Waals surface area contributed by atoms with Gasteiger partial charge in [-0.3, -0.25) is 10.0 Å². The van der Waals surface area contributed by atoms with Crippen LogP contribution in [0.1, 0.15) is 24.6 Å². The van der Waals surface area contributed by atoms with Crippen molar-refractivity contribution in [1.29, 1.82) is 0 Å². The van der Waals surface area contributed by atoms with Crippen molar-refractivity contribution in [3.63, 3.8) is 0 Å². The van der Waals surface area contributed by atoms with Crippen LogP contribution in [0.2, 0.25) is 0 Å². The van der Waals surface area contributed by atoms with Crippen molar-refractivity contribution >= 4 is 44.9 Å². The fraction of sp³-hybridized carbons (Fsp3) is 0.409. The first kappa shape index (κ1) is 26.4. The van der Waals surface area contributed by atoms with Gasteiger partial charge in [0, 0.05) is 35.6 Å². The third-order valence-corrected chi connectivity index (χ3v) is 9.74. The number of rotatable bonds is 6. The Morgan fingerprint density at radius 1 is 1.20 bits per heavy atom. The molecule has 0 saturated carbocycles. The van der Waals surface area contributed by atoms with Gasteiger partial charge >= 0.3 is 12.1 Å². The van der Waals surface area contributed by atoms with Crippen LogP contribution in [0, 0.1) is 0 Å². The number of hydrogen-bond donors (Lipinski definition) is 4. The Bertz CT molecular complexity index is 1200. The summed E-state index contributed by atoms with van der Waals surface area (Å²) in [6, 6.07) is 10.1. The number of anilines is 1. The number of carbonyl (C=O) groups is 3. The summed E-state index contributed by atoms with van der Waals surface area (Å²) < 4.78 is 30.5. The highest BCUT2D eigenvalue weighted by Gasteiger charge is 2.50. The molecule has 4 amide bonds. The van der Waals surface area contributed by atoms with Gasteiger partial charge in [-0.05, 0) is 43.2 Å². The number of amides is 4. The lowest BCUT2D eigenvalue weighted by Crippen LogP contribution is -2.41. The van der Waals surface area contributed by atoms with E-state index in [1.54, 1.807) is 37.3 Å². The average molecular weight is 525 g/mol. The van der Waals surface area contributed by atoms with E-state index in [4.69, 9.17) is 9.94 Å². The second-order valence-corrected chi connectivity index (χ2v) is 11.4. The van der Waals surface area contributed by atoms with Gasteiger partial charge in [-0.25, -0.2) is 23.5 Å². The van der Waals surface area contributed by atoms with Gasteiger partial charge in [0.15, 0.2) is 9.84 Å². The Morgan fingerprint density at radius 2 is 1.97 bits per heavy atom. The summed E-state index contributed by atoms with van der Waals surface area (Å²) in [6.07, 6.45) is -1.15. The number of benzene rings is 1. The summed E-state index contributed by atoms with van der Waals surface area (Å²) in [5, 5.41) is 14.3. The van der Waals surface area contributed by atoms with E-state index < -0.39 is 33.0 Å². The number of nitrogens with one attached hydrogen (secondary N) is 3. The van der Waals surface area contributed by atoms with Gasteiger partial charge in [0.1, 0.15) is 4.75 Å². The van der Waals surface area contributed by atoms with E-state index in [2.05, 4.69) is 10.6 Å². The molecule has 4 N–H and O–H groups in total. The molecule has 1 aromatic carbocycles. The van der Waals surface area contributed by atoms with Crippen LogP contribution in [-0.4, -0.2) is 69.1 Å². The largest absolute Gasteiger partial charge is 0.450 e. The third kappa shape index (κ3) is 5.74. The minimum Gasteiger partial charge on any atom is -0.450 e. The quantitative estimate of drug-likeness (QED) is 0.334. The molecule has 2 aromatic rings. The Morgan fingerprint density at radius 3 is 2.66 bits per heavy atom. The molecule has 35 heavy (non-hydrogen) atoms. The van der Waals surface area contributed by atoms with Gasteiger partial charge in [-0.2, -0.15) is 0 Å². The second kappa shape index (κ2) is 11.1. The summed E-state index contributed by atoms with van der Waals surface area (Å²) >= 11 is 1.20. The van der Waals surface area contributed by atoms with Crippen LogP contribution < -0.4 is 16.1 Å². The van der Waals surface area contributed by atoms with E-state index in [1.807, 2.05) is 6.07 Å². The van der Waals surface area contributed by atoms with Gasteiger partial charge in [-0.1, -0.05) is 12.1 Å². The van der Waals surface area contributed by atoms with Crippen molar-refractivity contribution in [2.75, 3.05) is 37.8 Å². The highest BCUT2D eigenvalue weighted by Crippen LogP contribution is 2.45. The molecule has 1 saturated heterocycles. The zero-order valence-corrected chi connectivity index (χ0v) is 21.0. The smallest absolute Gasteiger partial charge is 0.409 e. The fourth-order valence-electron chi connectivity index (χ4n) is 3.95. The van der Waals surface area contributed by atoms with Gasteiger partial charge < -0.3 is 20.3 Å². The normalized spacial score (nSPS) is 19.3. The minimum absolute atomic E-state index is 0.0419. The molecule has 1 fully saturated rings. The number of thiophene rings is 1. The lowest BCUT2D eigenvalue weighted by atomic mass is 9.97. The van der Waals surface area contributed by atoms with E-state index in [0.29, 0.717) is 10.6 Å². The van der Waals surface area contributed by atoms with E-state index in [1.165, 1.54) is 28.8 Å². The summed E-state index contributed by atoms with van der Waals surface area (Å²) in [5.74, 6) is -1.20. The Hall–Kier alpha value is -3.16. The zero-order valence-electron chi connectivity index (χ0n) is 19.4. The van der Waals surface area contributed by atoms with Crippen LogP contribution in [0.25, 0.3) is 10.4 Å². The van der Waals surface area contributed by atoms with Crippen LogP contribution in [0.5, 0.6) is 0 Å². The second-order valence-electron chi connectivity index (χ2n) is 7.91. The molecule has 1 aliphatic heterocycles. The number of hydrogen-bond acceptors (Lipinski definition) is 8. The van der Waals surface area contributed by atoms with Gasteiger partial charge in [0.05, 0.1) is 18.8 Å². The zero-order chi connectivity index (χ0) is 25.6. The van der Waals surface area contributed by atoms with E-state index in [0.717, 1.165) is 10.4 Å². The predicted molar refractivity (Wildman–Crippen MR) is 131 cm³/mol. The van der Waals surface area contributed by atoms with Crippen LogP contribution in [0.4, 0.5) is 15.3 Å². The topological polar surface area (TPSA) is 154 Å². The summed E-state index contributed by atoms with van der Waals surface area (Å²) in [7, 11) is -2.43.